The van der Waals surface area contributed by atoms with Crippen LogP contribution in [0.25, 0.3) is 0 Å². The maximum absolute atomic E-state index is 12.0. The van der Waals surface area contributed by atoms with Gasteiger partial charge in [-0.3, -0.25) is 9.59 Å². The van der Waals surface area contributed by atoms with Crippen molar-refractivity contribution in [2.75, 3.05) is 25.6 Å². The number of halogens is 1. The van der Waals surface area contributed by atoms with Crippen molar-refractivity contribution in [1.29, 1.82) is 0 Å². The highest BCUT2D eigenvalue weighted by Gasteiger charge is 2.14. The van der Waals surface area contributed by atoms with Crippen molar-refractivity contribution in [3.8, 4) is 17.2 Å². The highest BCUT2D eigenvalue weighted by atomic mass is 35.5. The maximum atomic E-state index is 12.0. The largest absolute Gasteiger partial charge is 0.497 e. The van der Waals surface area contributed by atoms with Gasteiger partial charge in [0.15, 0.2) is 11.5 Å². The first-order valence-electron chi connectivity index (χ1n) is 8.86. The predicted molar refractivity (Wildman–Crippen MR) is 111 cm³/mol. The number of hydrazone groups is 1. The number of ether oxygens (including phenoxy) is 3. The molecule has 0 aliphatic carbocycles. The summed E-state index contributed by atoms with van der Waals surface area (Å²) in [6.07, 6.45) is 1.35. The van der Waals surface area contributed by atoms with Crippen molar-refractivity contribution >= 4 is 35.3 Å². The van der Waals surface area contributed by atoms with Gasteiger partial charge >= 0.3 is 11.8 Å². The number of carbonyl (C=O) groups is 2. The minimum Gasteiger partial charge on any atom is -0.497 e. The van der Waals surface area contributed by atoms with Gasteiger partial charge in [0.05, 0.1) is 31.6 Å². The number of anilines is 1. The Morgan fingerprint density at radius 2 is 1.86 bits per heavy atom. The average molecular weight is 420 g/mol. The van der Waals surface area contributed by atoms with Crippen molar-refractivity contribution in [2.45, 2.75) is 13.8 Å². The molecule has 0 aliphatic heterocycles. The second-order valence-corrected chi connectivity index (χ2v) is 5.99. The summed E-state index contributed by atoms with van der Waals surface area (Å²) < 4.78 is 16.1. The summed E-state index contributed by atoms with van der Waals surface area (Å²) in [5.74, 6) is -0.333. The van der Waals surface area contributed by atoms with Crippen LogP contribution in [-0.4, -0.2) is 38.4 Å². The highest BCUT2D eigenvalue weighted by molar-refractivity contribution is 6.39. The molecule has 2 N–H and O–H groups in total. The molecule has 2 aromatic rings. The molecule has 0 radical (unpaired) electrons. The molecular formula is C20H22ClN3O5. The number of carbonyl (C=O) groups excluding carboxylic acids is 2. The zero-order valence-corrected chi connectivity index (χ0v) is 17.1. The third-order valence-electron chi connectivity index (χ3n) is 3.53. The molecule has 9 heteroatoms. The molecule has 0 bridgehead atoms. The zero-order valence-electron chi connectivity index (χ0n) is 16.3. The summed E-state index contributed by atoms with van der Waals surface area (Å²) in [6, 6.07) is 9.92. The number of amides is 2. The molecule has 8 nitrogen and oxygen atoms in total. The van der Waals surface area contributed by atoms with Gasteiger partial charge in [0, 0.05) is 11.8 Å². The van der Waals surface area contributed by atoms with Gasteiger partial charge in [0.2, 0.25) is 0 Å². The van der Waals surface area contributed by atoms with Crippen LogP contribution in [-0.2, 0) is 9.59 Å². The predicted octanol–water partition coefficient (Wildman–Crippen LogP) is 3.23. The van der Waals surface area contributed by atoms with E-state index in [1.165, 1.54) is 13.3 Å². The van der Waals surface area contributed by atoms with Gasteiger partial charge in [-0.1, -0.05) is 17.7 Å². The molecule has 0 spiro atoms. The number of nitrogens with zero attached hydrogens (tertiary/aromatic N) is 1. The zero-order chi connectivity index (χ0) is 21.2. The fraction of sp³-hybridized carbons (Fsp3) is 0.250. The van der Waals surface area contributed by atoms with Gasteiger partial charge in [0.25, 0.3) is 0 Å². The van der Waals surface area contributed by atoms with E-state index in [0.29, 0.717) is 46.7 Å². The van der Waals surface area contributed by atoms with E-state index in [9.17, 15) is 9.59 Å². The first-order valence-corrected chi connectivity index (χ1v) is 9.23. The van der Waals surface area contributed by atoms with Crippen molar-refractivity contribution in [3.05, 3.63) is 47.0 Å². The van der Waals surface area contributed by atoms with Crippen molar-refractivity contribution in [1.82, 2.24) is 5.43 Å². The van der Waals surface area contributed by atoms with Crippen molar-refractivity contribution in [2.24, 2.45) is 5.10 Å². The molecule has 0 fully saturated rings. The van der Waals surface area contributed by atoms with Crippen molar-refractivity contribution in [3.63, 3.8) is 0 Å². The minimum absolute atomic E-state index is 0.348. The van der Waals surface area contributed by atoms with Crippen molar-refractivity contribution < 1.29 is 23.8 Å². The normalized spacial score (nSPS) is 10.5. The second-order valence-electron chi connectivity index (χ2n) is 5.58. The Morgan fingerprint density at radius 1 is 1.10 bits per heavy atom. The number of benzene rings is 2. The lowest BCUT2D eigenvalue weighted by Gasteiger charge is -2.13. The van der Waals surface area contributed by atoms with Crippen LogP contribution in [0.1, 0.15) is 19.4 Å². The molecule has 29 heavy (non-hydrogen) atoms. The van der Waals surface area contributed by atoms with Crippen LogP contribution in [0.4, 0.5) is 5.69 Å². The van der Waals surface area contributed by atoms with E-state index in [-0.39, 0.29) is 0 Å². The lowest BCUT2D eigenvalue weighted by atomic mass is 10.2. The van der Waals surface area contributed by atoms with E-state index in [0.717, 1.165) is 0 Å². The second kappa shape index (κ2) is 10.9. The number of hydrogen-bond acceptors (Lipinski definition) is 6. The number of rotatable bonds is 8. The van der Waals surface area contributed by atoms with Crippen LogP contribution in [0.15, 0.2) is 41.5 Å². The van der Waals surface area contributed by atoms with Gasteiger partial charge in [-0.25, -0.2) is 5.43 Å². The first-order chi connectivity index (χ1) is 14.0. The van der Waals surface area contributed by atoms with Gasteiger partial charge in [-0.2, -0.15) is 5.10 Å². The summed E-state index contributed by atoms with van der Waals surface area (Å²) in [6.45, 7) is 4.54. The standard InChI is InChI=1S/C20H22ClN3O5/c1-4-28-17-10-13(9-16(21)18(17)29-5-2)12-22-24-20(26)19(25)23-14-7-6-8-15(11-14)27-3/h6-12H,4-5H2,1-3H3,(H,23,25)(H,24,26)/b22-12-. The Morgan fingerprint density at radius 3 is 2.55 bits per heavy atom. The van der Waals surface area contributed by atoms with Crippen LogP contribution >= 0.6 is 11.6 Å². The number of methoxy groups -OCH3 is 1. The molecule has 0 saturated carbocycles. The molecule has 0 saturated heterocycles. The summed E-state index contributed by atoms with van der Waals surface area (Å²) in [5.41, 5.74) is 3.15. The molecule has 154 valence electrons. The third-order valence-corrected chi connectivity index (χ3v) is 3.81. The number of nitrogens with one attached hydrogen (secondary N) is 2. The Balaban J connectivity index is 2.02. The first kappa shape index (κ1) is 22.0. The monoisotopic (exact) mass is 419 g/mol. The van der Waals surface area contributed by atoms with Crippen LogP contribution in [0.5, 0.6) is 17.2 Å². The van der Waals surface area contributed by atoms with Gasteiger partial charge in [0.1, 0.15) is 5.75 Å². The quantitative estimate of drug-likeness (QED) is 0.389. The maximum Gasteiger partial charge on any atom is 0.329 e. The minimum atomic E-state index is -0.925. The molecular weight excluding hydrogens is 398 g/mol. The third kappa shape index (κ3) is 6.39. The van der Waals surface area contributed by atoms with Crippen LogP contribution in [0.2, 0.25) is 5.02 Å². The summed E-state index contributed by atoms with van der Waals surface area (Å²) in [4.78, 5) is 23.9. The molecule has 0 aromatic heterocycles. The SMILES string of the molecule is CCOc1cc(/C=N\NC(=O)C(=O)Nc2cccc(OC)c2)cc(Cl)c1OCC. The van der Waals surface area contributed by atoms with Gasteiger partial charge in [-0.15, -0.1) is 0 Å². The van der Waals surface area contributed by atoms with Gasteiger partial charge < -0.3 is 19.5 Å². The summed E-state index contributed by atoms with van der Waals surface area (Å²) >= 11 is 6.23. The molecule has 0 atom stereocenters. The highest BCUT2D eigenvalue weighted by Crippen LogP contribution is 2.36. The van der Waals surface area contributed by atoms with E-state index in [4.69, 9.17) is 25.8 Å². The fourth-order valence-electron chi connectivity index (χ4n) is 2.31. The molecule has 0 aliphatic rings. The van der Waals surface area contributed by atoms with Crippen LogP contribution in [0.3, 0.4) is 0 Å². The lowest BCUT2D eigenvalue weighted by molar-refractivity contribution is -0.136. The average Bonchev–Trinajstić information content (AvgIpc) is 2.70. The van der Waals surface area contributed by atoms with Crippen LogP contribution < -0.4 is 25.0 Å². The van der Waals surface area contributed by atoms with Crippen LogP contribution in [0, 0.1) is 0 Å². The van der Waals surface area contributed by atoms with E-state index >= 15 is 0 Å². The number of hydrogen-bond donors (Lipinski definition) is 2. The Labute approximate surface area is 173 Å². The lowest BCUT2D eigenvalue weighted by Crippen LogP contribution is -2.32. The Hall–Kier alpha value is -3.26. The van der Waals surface area contributed by atoms with Gasteiger partial charge in [-0.05, 0) is 43.7 Å². The van der Waals surface area contributed by atoms with E-state index in [1.54, 1.807) is 36.4 Å². The summed E-state index contributed by atoms with van der Waals surface area (Å²) in [7, 11) is 1.51. The molecule has 2 amide bonds. The molecule has 2 rings (SSSR count). The topological polar surface area (TPSA) is 98.2 Å². The van der Waals surface area contributed by atoms with E-state index in [1.807, 2.05) is 13.8 Å². The smallest absolute Gasteiger partial charge is 0.329 e. The summed E-state index contributed by atoms with van der Waals surface area (Å²) in [5, 5.41) is 6.60. The molecule has 0 unspecified atom stereocenters. The Bertz CT molecular complexity index is 902. The van der Waals surface area contributed by atoms with E-state index in [2.05, 4.69) is 15.8 Å². The van der Waals surface area contributed by atoms with E-state index < -0.39 is 11.8 Å². The molecule has 0 heterocycles. The fourth-order valence-corrected chi connectivity index (χ4v) is 2.59. The Kier molecular flexibility index (Phi) is 8.29. The molecule has 2 aromatic carbocycles.